The average molecular weight is 292 g/mol. The lowest BCUT2D eigenvalue weighted by molar-refractivity contribution is -0.385. The standard InChI is InChI=1S/C14H16N2O5/c1-14(2,13(18)21-3)15-12(17)9-8-10-6-4-5-7-11(10)16(19)20/h4-9H,1-3H3,(H,15,17)/b9-8+. The van der Waals surface area contributed by atoms with E-state index in [1.165, 1.54) is 45.2 Å². The van der Waals surface area contributed by atoms with E-state index in [1.807, 2.05) is 0 Å². The van der Waals surface area contributed by atoms with Gasteiger partial charge in [-0.3, -0.25) is 14.9 Å². The first-order valence-electron chi connectivity index (χ1n) is 6.10. The van der Waals surface area contributed by atoms with Gasteiger partial charge in [-0.15, -0.1) is 0 Å². The van der Waals surface area contributed by atoms with Crippen LogP contribution in [0.1, 0.15) is 19.4 Å². The normalized spacial score (nSPS) is 11.2. The minimum atomic E-state index is -1.18. The Kier molecular flexibility index (Phi) is 5.18. The number of carbonyl (C=O) groups is 2. The highest BCUT2D eigenvalue weighted by Gasteiger charge is 2.29. The number of nitrogens with zero attached hydrogens (tertiary/aromatic N) is 1. The van der Waals surface area contributed by atoms with Gasteiger partial charge in [0.1, 0.15) is 5.54 Å². The van der Waals surface area contributed by atoms with Crippen molar-refractivity contribution in [3.05, 3.63) is 46.0 Å². The van der Waals surface area contributed by atoms with Crippen LogP contribution in [0.5, 0.6) is 0 Å². The smallest absolute Gasteiger partial charge is 0.330 e. The topological polar surface area (TPSA) is 98.5 Å². The number of carbonyl (C=O) groups excluding carboxylic acids is 2. The van der Waals surface area contributed by atoms with Crippen molar-refractivity contribution in [2.75, 3.05) is 7.11 Å². The van der Waals surface area contributed by atoms with Crippen molar-refractivity contribution in [1.82, 2.24) is 5.32 Å². The summed E-state index contributed by atoms with van der Waals surface area (Å²) < 4.78 is 4.56. The molecule has 1 rings (SSSR count). The third kappa shape index (κ3) is 4.41. The van der Waals surface area contributed by atoms with E-state index in [0.29, 0.717) is 5.56 Å². The lowest BCUT2D eigenvalue weighted by atomic mass is 10.1. The lowest BCUT2D eigenvalue weighted by Crippen LogP contribution is -2.49. The number of nitrogens with one attached hydrogen (secondary N) is 1. The van der Waals surface area contributed by atoms with E-state index in [1.54, 1.807) is 6.07 Å². The fourth-order valence-electron chi connectivity index (χ4n) is 1.62. The summed E-state index contributed by atoms with van der Waals surface area (Å²) in [6.07, 6.45) is 2.45. The lowest BCUT2D eigenvalue weighted by Gasteiger charge is -2.22. The molecule has 1 N–H and O–H groups in total. The van der Waals surface area contributed by atoms with Gasteiger partial charge in [0.2, 0.25) is 5.91 Å². The van der Waals surface area contributed by atoms with Crippen molar-refractivity contribution in [3.8, 4) is 0 Å². The summed E-state index contributed by atoms with van der Waals surface area (Å²) in [6.45, 7) is 2.99. The van der Waals surface area contributed by atoms with Crippen molar-refractivity contribution < 1.29 is 19.2 Å². The van der Waals surface area contributed by atoms with Crippen molar-refractivity contribution in [2.24, 2.45) is 0 Å². The molecule has 1 amide bonds. The Labute approximate surface area is 121 Å². The molecule has 1 aromatic rings. The van der Waals surface area contributed by atoms with Crippen LogP contribution in [0.25, 0.3) is 6.08 Å². The Morgan fingerprint density at radius 1 is 1.33 bits per heavy atom. The molecule has 0 aliphatic heterocycles. The van der Waals surface area contributed by atoms with Gasteiger partial charge in [-0.05, 0) is 26.0 Å². The predicted molar refractivity (Wildman–Crippen MR) is 76.4 cm³/mol. The molecule has 0 bridgehead atoms. The summed E-state index contributed by atoms with van der Waals surface area (Å²) in [5.41, 5.74) is -0.985. The van der Waals surface area contributed by atoms with Crippen LogP contribution in [0.15, 0.2) is 30.3 Å². The monoisotopic (exact) mass is 292 g/mol. The zero-order valence-electron chi connectivity index (χ0n) is 12.0. The molecule has 0 heterocycles. The number of esters is 1. The molecule has 0 saturated carbocycles. The van der Waals surface area contributed by atoms with Gasteiger partial charge in [-0.25, -0.2) is 4.79 Å². The summed E-state index contributed by atoms with van der Waals surface area (Å²) >= 11 is 0. The number of nitro groups is 1. The number of benzene rings is 1. The number of hydrogen-bond donors (Lipinski definition) is 1. The van der Waals surface area contributed by atoms with Gasteiger partial charge >= 0.3 is 5.97 Å². The summed E-state index contributed by atoms with van der Waals surface area (Å²) in [4.78, 5) is 33.5. The molecule has 0 spiro atoms. The second-order valence-corrected chi connectivity index (χ2v) is 4.76. The van der Waals surface area contributed by atoms with Crippen LogP contribution < -0.4 is 5.32 Å². The molecular weight excluding hydrogens is 276 g/mol. The van der Waals surface area contributed by atoms with Crippen LogP contribution in [0.4, 0.5) is 5.69 Å². The van der Waals surface area contributed by atoms with Crippen molar-refractivity contribution in [1.29, 1.82) is 0 Å². The van der Waals surface area contributed by atoms with Crippen LogP contribution in [0.3, 0.4) is 0 Å². The van der Waals surface area contributed by atoms with Crippen LogP contribution in [0.2, 0.25) is 0 Å². The van der Waals surface area contributed by atoms with E-state index in [-0.39, 0.29) is 5.69 Å². The molecule has 1 aromatic carbocycles. The highest BCUT2D eigenvalue weighted by molar-refractivity contribution is 5.96. The zero-order chi connectivity index (χ0) is 16.0. The SMILES string of the molecule is COC(=O)C(C)(C)NC(=O)/C=C/c1ccccc1[N+](=O)[O-]. The van der Waals surface area contributed by atoms with Gasteiger partial charge in [0.15, 0.2) is 0 Å². The van der Waals surface area contributed by atoms with Gasteiger partial charge in [-0.1, -0.05) is 12.1 Å². The van der Waals surface area contributed by atoms with E-state index in [2.05, 4.69) is 10.1 Å². The number of nitro benzene ring substituents is 1. The largest absolute Gasteiger partial charge is 0.467 e. The second kappa shape index (κ2) is 6.65. The van der Waals surface area contributed by atoms with E-state index >= 15 is 0 Å². The molecule has 0 saturated heterocycles. The molecule has 0 atom stereocenters. The summed E-state index contributed by atoms with van der Waals surface area (Å²) in [5, 5.41) is 13.3. The third-order valence-electron chi connectivity index (χ3n) is 2.68. The first-order chi connectivity index (χ1) is 9.77. The molecular formula is C14H16N2O5. The number of methoxy groups -OCH3 is 1. The average Bonchev–Trinajstić information content (AvgIpc) is 2.43. The van der Waals surface area contributed by atoms with E-state index in [0.717, 1.165) is 6.08 Å². The van der Waals surface area contributed by atoms with Crippen LogP contribution in [0, 0.1) is 10.1 Å². The molecule has 0 radical (unpaired) electrons. The molecule has 7 heteroatoms. The maximum absolute atomic E-state index is 11.8. The predicted octanol–water partition coefficient (Wildman–Crippen LogP) is 1.68. The summed E-state index contributed by atoms with van der Waals surface area (Å²) in [5.74, 6) is -1.14. The van der Waals surface area contributed by atoms with E-state index < -0.39 is 22.3 Å². The quantitative estimate of drug-likeness (QED) is 0.385. The van der Waals surface area contributed by atoms with Crippen molar-refractivity contribution in [2.45, 2.75) is 19.4 Å². The number of para-hydroxylation sites is 1. The van der Waals surface area contributed by atoms with Gasteiger partial charge in [0, 0.05) is 12.1 Å². The Morgan fingerprint density at radius 2 is 1.95 bits per heavy atom. The van der Waals surface area contributed by atoms with E-state index in [4.69, 9.17) is 0 Å². The Hall–Kier alpha value is -2.70. The Morgan fingerprint density at radius 3 is 2.52 bits per heavy atom. The minimum absolute atomic E-state index is 0.103. The molecule has 0 unspecified atom stereocenters. The zero-order valence-corrected chi connectivity index (χ0v) is 12.0. The summed E-state index contributed by atoms with van der Waals surface area (Å²) in [6, 6.07) is 6.03. The van der Waals surface area contributed by atoms with Crippen LogP contribution in [-0.4, -0.2) is 29.4 Å². The minimum Gasteiger partial charge on any atom is -0.467 e. The van der Waals surface area contributed by atoms with Crippen molar-refractivity contribution >= 4 is 23.6 Å². The Balaban J connectivity index is 2.85. The second-order valence-electron chi connectivity index (χ2n) is 4.76. The van der Waals surface area contributed by atoms with Gasteiger partial charge in [0.05, 0.1) is 17.6 Å². The molecule has 0 fully saturated rings. The highest BCUT2D eigenvalue weighted by atomic mass is 16.6. The molecule has 7 nitrogen and oxygen atoms in total. The fourth-order valence-corrected chi connectivity index (χ4v) is 1.62. The Bertz CT molecular complexity index is 593. The molecule has 21 heavy (non-hydrogen) atoms. The number of rotatable bonds is 5. The third-order valence-corrected chi connectivity index (χ3v) is 2.68. The maximum atomic E-state index is 11.8. The van der Waals surface area contributed by atoms with Gasteiger partial charge in [0.25, 0.3) is 5.69 Å². The molecule has 0 aromatic heterocycles. The van der Waals surface area contributed by atoms with Gasteiger partial charge in [-0.2, -0.15) is 0 Å². The first-order valence-corrected chi connectivity index (χ1v) is 6.10. The highest BCUT2D eigenvalue weighted by Crippen LogP contribution is 2.18. The van der Waals surface area contributed by atoms with Crippen LogP contribution in [-0.2, 0) is 14.3 Å². The van der Waals surface area contributed by atoms with Gasteiger partial charge < -0.3 is 10.1 Å². The number of ether oxygens (including phenoxy) is 1. The number of amides is 1. The summed E-state index contributed by atoms with van der Waals surface area (Å²) in [7, 11) is 1.22. The van der Waals surface area contributed by atoms with Crippen LogP contribution >= 0.6 is 0 Å². The molecule has 0 aliphatic rings. The molecule has 0 aliphatic carbocycles. The fraction of sp³-hybridized carbons (Fsp3) is 0.286. The number of hydrogen-bond acceptors (Lipinski definition) is 5. The van der Waals surface area contributed by atoms with Crippen molar-refractivity contribution in [3.63, 3.8) is 0 Å². The first kappa shape index (κ1) is 16.4. The molecule has 112 valence electrons. The van der Waals surface area contributed by atoms with E-state index in [9.17, 15) is 19.7 Å². The maximum Gasteiger partial charge on any atom is 0.330 e.